The fraction of sp³-hybridized carbons (Fsp3) is 0.423. The molecule has 0 aliphatic carbocycles. The lowest BCUT2D eigenvalue weighted by atomic mass is 9.99. The van der Waals surface area contributed by atoms with E-state index >= 15 is 0 Å². The van der Waals surface area contributed by atoms with Gasteiger partial charge in [-0.15, -0.1) is 0 Å². The van der Waals surface area contributed by atoms with Crippen LogP contribution in [-0.2, 0) is 6.54 Å². The van der Waals surface area contributed by atoms with E-state index in [1.165, 1.54) is 11.1 Å². The van der Waals surface area contributed by atoms with E-state index in [1.54, 1.807) is 6.07 Å². The van der Waals surface area contributed by atoms with Crippen LogP contribution in [0.5, 0.6) is 5.75 Å². The van der Waals surface area contributed by atoms with Crippen LogP contribution in [0.1, 0.15) is 44.7 Å². The van der Waals surface area contributed by atoms with Gasteiger partial charge in [-0.25, -0.2) is 4.98 Å². The van der Waals surface area contributed by atoms with Gasteiger partial charge in [0.25, 0.3) is 0 Å². The number of pyridine rings is 1. The van der Waals surface area contributed by atoms with Crippen LogP contribution >= 0.6 is 0 Å². The largest absolute Gasteiger partial charge is 0.508 e. The number of hydrogen-bond donors (Lipinski definition) is 3. The highest BCUT2D eigenvalue weighted by Crippen LogP contribution is 2.31. The smallest absolute Gasteiger partial charge is 0.129 e. The quantitative estimate of drug-likeness (QED) is 0.530. The first-order chi connectivity index (χ1) is 14.8. The van der Waals surface area contributed by atoms with E-state index in [1.807, 2.05) is 25.1 Å². The lowest BCUT2D eigenvalue weighted by Gasteiger charge is -2.37. The molecule has 2 aromatic carbocycles. The van der Waals surface area contributed by atoms with Crippen molar-refractivity contribution in [3.63, 3.8) is 0 Å². The van der Waals surface area contributed by atoms with Crippen LogP contribution in [0.3, 0.4) is 0 Å². The fourth-order valence-corrected chi connectivity index (χ4v) is 4.40. The monoisotopic (exact) mass is 418 g/mol. The van der Waals surface area contributed by atoms with Crippen molar-refractivity contribution in [3.8, 4) is 5.75 Å². The van der Waals surface area contributed by atoms with Crippen molar-refractivity contribution < 1.29 is 5.11 Å². The van der Waals surface area contributed by atoms with E-state index in [0.29, 0.717) is 18.3 Å². The molecule has 0 unspecified atom stereocenters. The van der Waals surface area contributed by atoms with Crippen molar-refractivity contribution in [1.82, 2.24) is 10.3 Å². The summed E-state index contributed by atoms with van der Waals surface area (Å²) in [5.74, 6) is 1.16. The first-order valence-electron chi connectivity index (χ1n) is 11.2. The molecule has 0 radical (unpaired) electrons. The summed E-state index contributed by atoms with van der Waals surface area (Å²) in [7, 11) is 0. The van der Waals surface area contributed by atoms with Crippen molar-refractivity contribution in [2.45, 2.75) is 58.7 Å². The third-order valence-electron chi connectivity index (χ3n) is 5.87. The summed E-state index contributed by atoms with van der Waals surface area (Å²) in [6.07, 6.45) is 2.27. The van der Waals surface area contributed by atoms with Gasteiger partial charge >= 0.3 is 0 Å². The lowest BCUT2D eigenvalue weighted by molar-refractivity contribution is 0.317. The molecule has 0 atom stereocenters. The number of rotatable bonds is 5. The third-order valence-corrected chi connectivity index (χ3v) is 5.87. The summed E-state index contributed by atoms with van der Waals surface area (Å²) in [6.45, 7) is 11.3. The van der Waals surface area contributed by atoms with Gasteiger partial charge in [-0.1, -0.05) is 30.3 Å². The summed E-state index contributed by atoms with van der Waals surface area (Å²) in [4.78, 5) is 7.31. The molecular formula is C26H34N4O. The Morgan fingerprint density at radius 2 is 1.81 bits per heavy atom. The molecule has 1 fully saturated rings. The van der Waals surface area contributed by atoms with Gasteiger partial charge in [0.2, 0.25) is 0 Å². The van der Waals surface area contributed by atoms with E-state index in [-0.39, 0.29) is 5.54 Å². The first-order valence-corrected chi connectivity index (χ1v) is 11.2. The number of aromatic hydroxyl groups is 1. The molecule has 2 heterocycles. The van der Waals surface area contributed by atoms with Gasteiger partial charge in [-0.05, 0) is 58.2 Å². The molecule has 0 spiro atoms. The average Bonchev–Trinajstić information content (AvgIpc) is 2.72. The zero-order chi connectivity index (χ0) is 22.0. The maximum Gasteiger partial charge on any atom is 0.129 e. The highest BCUT2D eigenvalue weighted by molar-refractivity contribution is 5.93. The minimum atomic E-state index is 0.148. The molecular weight excluding hydrogens is 384 g/mol. The van der Waals surface area contributed by atoms with Crippen molar-refractivity contribution in [2.75, 3.05) is 23.3 Å². The molecule has 4 rings (SSSR count). The second-order valence-electron chi connectivity index (χ2n) is 9.69. The highest BCUT2D eigenvalue weighted by Gasteiger charge is 2.24. The Labute approximate surface area is 185 Å². The zero-order valence-corrected chi connectivity index (χ0v) is 19.1. The van der Waals surface area contributed by atoms with Gasteiger partial charge in [-0.3, -0.25) is 0 Å². The molecule has 0 amide bonds. The average molecular weight is 419 g/mol. The summed E-state index contributed by atoms with van der Waals surface area (Å²) in [5, 5.41) is 18.6. The SMILES string of the molecule is Cc1ccc(CNc2cc(N3CCC(NC(C)(C)C)CC3)c3ccccc3n2)c(O)c1. The van der Waals surface area contributed by atoms with E-state index < -0.39 is 0 Å². The number of aryl methyl sites for hydroxylation is 1. The summed E-state index contributed by atoms with van der Waals surface area (Å²) in [6, 6.07) is 16.8. The van der Waals surface area contributed by atoms with Crippen molar-refractivity contribution in [1.29, 1.82) is 0 Å². The molecule has 3 N–H and O–H groups in total. The van der Waals surface area contributed by atoms with E-state index in [9.17, 15) is 5.11 Å². The Bertz CT molecular complexity index is 1050. The van der Waals surface area contributed by atoms with Crippen LogP contribution < -0.4 is 15.5 Å². The number of phenolic OH excluding ortho intramolecular Hbond substituents is 1. The minimum absolute atomic E-state index is 0.148. The predicted molar refractivity (Wildman–Crippen MR) is 130 cm³/mol. The number of benzene rings is 2. The number of hydrogen-bond acceptors (Lipinski definition) is 5. The second kappa shape index (κ2) is 8.75. The standard InChI is InChI=1S/C26H34N4O/c1-18-9-10-19(24(31)15-18)17-27-25-16-23(21-7-5-6-8-22(21)28-25)30-13-11-20(12-14-30)29-26(2,3)4/h5-10,15-16,20,29,31H,11-14,17H2,1-4H3,(H,27,28). The van der Waals surface area contributed by atoms with Crippen molar-refractivity contribution >= 4 is 22.4 Å². The fourth-order valence-electron chi connectivity index (χ4n) is 4.40. The molecule has 0 saturated carbocycles. The van der Waals surface area contributed by atoms with Crippen LogP contribution in [0.2, 0.25) is 0 Å². The van der Waals surface area contributed by atoms with Gasteiger partial charge in [0.15, 0.2) is 0 Å². The van der Waals surface area contributed by atoms with Crippen LogP contribution in [0, 0.1) is 6.92 Å². The number of para-hydroxylation sites is 1. The Morgan fingerprint density at radius 3 is 2.52 bits per heavy atom. The van der Waals surface area contributed by atoms with Gasteiger partial charge in [0, 0.05) is 53.9 Å². The number of nitrogens with one attached hydrogen (secondary N) is 2. The molecule has 5 heteroatoms. The van der Waals surface area contributed by atoms with Gasteiger partial charge in [-0.2, -0.15) is 0 Å². The lowest BCUT2D eigenvalue weighted by Crippen LogP contribution is -2.49. The zero-order valence-electron chi connectivity index (χ0n) is 19.1. The van der Waals surface area contributed by atoms with Crippen LogP contribution in [0.25, 0.3) is 10.9 Å². The maximum absolute atomic E-state index is 10.2. The Hall–Kier alpha value is -2.79. The van der Waals surface area contributed by atoms with Crippen LogP contribution in [-0.4, -0.2) is 34.8 Å². The van der Waals surface area contributed by atoms with Crippen molar-refractivity contribution in [3.05, 3.63) is 59.7 Å². The molecule has 1 aromatic heterocycles. The molecule has 31 heavy (non-hydrogen) atoms. The minimum Gasteiger partial charge on any atom is -0.508 e. The number of fused-ring (bicyclic) bond motifs is 1. The van der Waals surface area contributed by atoms with E-state index in [0.717, 1.165) is 48.4 Å². The van der Waals surface area contributed by atoms with Gasteiger partial charge < -0.3 is 20.6 Å². The maximum atomic E-state index is 10.2. The molecule has 3 aromatic rings. The Kier molecular flexibility index (Phi) is 6.05. The molecule has 1 aliphatic heterocycles. The topological polar surface area (TPSA) is 60.4 Å². The molecule has 164 valence electrons. The summed E-state index contributed by atoms with van der Waals surface area (Å²) >= 11 is 0. The number of aromatic nitrogens is 1. The first kappa shape index (κ1) is 21.4. The molecule has 0 bridgehead atoms. The molecule has 5 nitrogen and oxygen atoms in total. The van der Waals surface area contributed by atoms with E-state index in [4.69, 9.17) is 4.98 Å². The number of anilines is 2. The number of phenols is 1. The van der Waals surface area contributed by atoms with Crippen molar-refractivity contribution in [2.24, 2.45) is 0 Å². The normalized spacial score (nSPS) is 15.4. The van der Waals surface area contributed by atoms with Gasteiger partial charge in [0.1, 0.15) is 11.6 Å². The molecule has 1 saturated heterocycles. The van der Waals surface area contributed by atoms with Gasteiger partial charge in [0.05, 0.1) is 5.52 Å². The Balaban J connectivity index is 1.54. The third kappa shape index (κ3) is 5.28. The summed E-state index contributed by atoms with van der Waals surface area (Å²) < 4.78 is 0. The number of piperidine rings is 1. The number of nitrogens with zero attached hydrogens (tertiary/aromatic N) is 2. The van der Waals surface area contributed by atoms with E-state index in [2.05, 4.69) is 60.6 Å². The van der Waals surface area contributed by atoms with Crippen LogP contribution in [0.15, 0.2) is 48.5 Å². The van der Waals surface area contributed by atoms with Crippen LogP contribution in [0.4, 0.5) is 11.5 Å². The molecule has 1 aliphatic rings. The second-order valence-corrected chi connectivity index (χ2v) is 9.69. The summed E-state index contributed by atoms with van der Waals surface area (Å²) in [5.41, 5.74) is 4.29. The Morgan fingerprint density at radius 1 is 1.06 bits per heavy atom. The highest BCUT2D eigenvalue weighted by atomic mass is 16.3. The predicted octanol–water partition coefficient (Wildman–Crippen LogP) is 5.22.